The topological polar surface area (TPSA) is 26.0 Å². The quantitative estimate of drug-likeness (QED) is 0.796. The monoisotopic (exact) mass is 203 g/mol. The lowest BCUT2D eigenvalue weighted by molar-refractivity contribution is 0.640. The molecule has 1 heterocycles. The molecule has 1 fully saturated rings. The summed E-state index contributed by atoms with van der Waals surface area (Å²) in [5, 5.41) is 3.59. The van der Waals surface area contributed by atoms with E-state index < -0.39 is 0 Å². The van der Waals surface area contributed by atoms with Gasteiger partial charge in [0.1, 0.15) is 0 Å². The Morgan fingerprint density at radius 3 is 2.86 bits per heavy atom. The molecule has 1 nitrogen and oxygen atoms in total. The van der Waals surface area contributed by atoms with Crippen LogP contribution in [0.25, 0.3) is 10.1 Å². The van der Waals surface area contributed by atoms with Crippen molar-refractivity contribution in [1.82, 2.24) is 0 Å². The summed E-state index contributed by atoms with van der Waals surface area (Å²) in [5.41, 5.74) is 7.57. The van der Waals surface area contributed by atoms with E-state index in [0.29, 0.717) is 0 Å². The van der Waals surface area contributed by atoms with E-state index in [9.17, 15) is 0 Å². The molecule has 1 atom stereocenters. The third-order valence-corrected chi connectivity index (χ3v) is 3.98. The van der Waals surface area contributed by atoms with Crippen molar-refractivity contribution in [2.24, 2.45) is 11.7 Å². The summed E-state index contributed by atoms with van der Waals surface area (Å²) in [7, 11) is 0. The fourth-order valence-corrected chi connectivity index (χ4v) is 2.97. The Morgan fingerprint density at radius 1 is 1.29 bits per heavy atom. The maximum absolute atomic E-state index is 6.22. The molecular weight excluding hydrogens is 190 g/mol. The van der Waals surface area contributed by atoms with E-state index in [1.54, 1.807) is 0 Å². The van der Waals surface area contributed by atoms with E-state index in [1.165, 1.54) is 28.5 Å². The van der Waals surface area contributed by atoms with Crippen LogP contribution in [0, 0.1) is 5.92 Å². The van der Waals surface area contributed by atoms with Crippen LogP contribution in [0.4, 0.5) is 0 Å². The molecule has 1 aromatic heterocycles. The third kappa shape index (κ3) is 1.26. The van der Waals surface area contributed by atoms with Crippen LogP contribution in [-0.2, 0) is 0 Å². The lowest BCUT2D eigenvalue weighted by atomic mass is 10.0. The molecule has 0 bridgehead atoms. The molecule has 0 amide bonds. The van der Waals surface area contributed by atoms with E-state index >= 15 is 0 Å². The normalized spacial score (nSPS) is 18.6. The minimum absolute atomic E-state index is 0.270. The van der Waals surface area contributed by atoms with Gasteiger partial charge in [-0.05, 0) is 41.2 Å². The minimum Gasteiger partial charge on any atom is -0.324 e. The first-order valence-electron chi connectivity index (χ1n) is 5.08. The van der Waals surface area contributed by atoms with Crippen molar-refractivity contribution < 1.29 is 0 Å². The Hall–Kier alpha value is -0.860. The first-order chi connectivity index (χ1) is 6.86. The smallest absolute Gasteiger partial charge is 0.0346 e. The number of benzene rings is 1. The van der Waals surface area contributed by atoms with Gasteiger partial charge in [-0.3, -0.25) is 0 Å². The standard InChI is InChI=1S/C12H13NS/c13-12(8-5-6-8)10-7-14-11-4-2-1-3-9(10)11/h1-4,7-8,12H,5-6,13H2/t12-/m1/s1. The lowest BCUT2D eigenvalue weighted by Crippen LogP contribution is -2.11. The second-order valence-electron chi connectivity index (χ2n) is 4.05. The molecule has 0 unspecified atom stereocenters. The van der Waals surface area contributed by atoms with Crippen molar-refractivity contribution in [3.05, 3.63) is 35.2 Å². The van der Waals surface area contributed by atoms with Crippen molar-refractivity contribution in [2.75, 3.05) is 0 Å². The molecule has 1 aromatic carbocycles. The summed E-state index contributed by atoms with van der Waals surface area (Å²) in [4.78, 5) is 0. The van der Waals surface area contributed by atoms with Crippen molar-refractivity contribution >= 4 is 21.4 Å². The highest BCUT2D eigenvalue weighted by Crippen LogP contribution is 2.42. The number of rotatable bonds is 2. The van der Waals surface area contributed by atoms with Gasteiger partial charge < -0.3 is 5.73 Å². The van der Waals surface area contributed by atoms with Crippen LogP contribution in [0.1, 0.15) is 24.4 Å². The Balaban J connectivity index is 2.11. The molecule has 1 saturated carbocycles. The maximum atomic E-state index is 6.22. The van der Waals surface area contributed by atoms with Gasteiger partial charge in [-0.1, -0.05) is 18.2 Å². The molecule has 2 N–H and O–H groups in total. The number of hydrogen-bond acceptors (Lipinski definition) is 2. The predicted octanol–water partition coefficient (Wildman–Crippen LogP) is 3.31. The zero-order valence-corrected chi connectivity index (χ0v) is 8.76. The largest absolute Gasteiger partial charge is 0.324 e. The molecule has 1 aliphatic carbocycles. The van der Waals surface area contributed by atoms with Crippen LogP contribution in [0.2, 0.25) is 0 Å². The Morgan fingerprint density at radius 2 is 2.07 bits per heavy atom. The fraction of sp³-hybridized carbons (Fsp3) is 0.333. The average molecular weight is 203 g/mol. The zero-order chi connectivity index (χ0) is 9.54. The highest BCUT2D eigenvalue weighted by Gasteiger charge is 2.30. The van der Waals surface area contributed by atoms with E-state index in [1.807, 2.05) is 11.3 Å². The van der Waals surface area contributed by atoms with Crippen LogP contribution in [0.15, 0.2) is 29.6 Å². The van der Waals surface area contributed by atoms with Gasteiger partial charge in [-0.15, -0.1) is 11.3 Å². The predicted molar refractivity (Wildman–Crippen MR) is 61.5 cm³/mol. The molecule has 72 valence electrons. The molecule has 0 saturated heterocycles. The van der Waals surface area contributed by atoms with Crippen molar-refractivity contribution in [2.45, 2.75) is 18.9 Å². The van der Waals surface area contributed by atoms with Gasteiger partial charge >= 0.3 is 0 Å². The summed E-state index contributed by atoms with van der Waals surface area (Å²) < 4.78 is 1.36. The van der Waals surface area contributed by atoms with Crippen LogP contribution in [0.5, 0.6) is 0 Å². The summed E-state index contributed by atoms with van der Waals surface area (Å²) >= 11 is 1.81. The van der Waals surface area contributed by atoms with Gasteiger partial charge in [0.25, 0.3) is 0 Å². The second kappa shape index (κ2) is 3.07. The second-order valence-corrected chi connectivity index (χ2v) is 4.96. The van der Waals surface area contributed by atoms with Crippen molar-refractivity contribution in [3.8, 4) is 0 Å². The summed E-state index contributed by atoms with van der Waals surface area (Å²) in [6.45, 7) is 0. The molecule has 14 heavy (non-hydrogen) atoms. The van der Waals surface area contributed by atoms with Gasteiger partial charge in [0.15, 0.2) is 0 Å². The highest BCUT2D eigenvalue weighted by atomic mass is 32.1. The van der Waals surface area contributed by atoms with Gasteiger partial charge in [0.05, 0.1) is 0 Å². The molecule has 1 aliphatic rings. The first-order valence-corrected chi connectivity index (χ1v) is 5.96. The maximum Gasteiger partial charge on any atom is 0.0346 e. The first kappa shape index (κ1) is 8.45. The summed E-state index contributed by atoms with van der Waals surface area (Å²) in [5.74, 6) is 0.744. The number of fused-ring (bicyclic) bond motifs is 1. The Bertz CT molecular complexity index is 456. The average Bonchev–Trinajstić information content (AvgIpc) is 2.97. The fourth-order valence-electron chi connectivity index (χ4n) is 1.97. The number of nitrogens with two attached hydrogens (primary N) is 1. The van der Waals surface area contributed by atoms with Crippen LogP contribution in [-0.4, -0.2) is 0 Å². The van der Waals surface area contributed by atoms with Gasteiger partial charge in [-0.25, -0.2) is 0 Å². The zero-order valence-electron chi connectivity index (χ0n) is 7.94. The highest BCUT2D eigenvalue weighted by molar-refractivity contribution is 7.17. The SMILES string of the molecule is N[C@@H](c1csc2ccccc12)C1CC1. The molecule has 0 radical (unpaired) electrons. The van der Waals surface area contributed by atoms with Gasteiger partial charge in [0.2, 0.25) is 0 Å². The third-order valence-electron chi connectivity index (χ3n) is 3.00. The van der Waals surface area contributed by atoms with Crippen molar-refractivity contribution in [3.63, 3.8) is 0 Å². The molecular formula is C12H13NS. The van der Waals surface area contributed by atoms with Crippen LogP contribution in [0.3, 0.4) is 0 Å². The molecule has 2 aromatic rings. The van der Waals surface area contributed by atoms with Gasteiger partial charge in [-0.2, -0.15) is 0 Å². The van der Waals surface area contributed by atoms with E-state index in [0.717, 1.165) is 5.92 Å². The Kier molecular flexibility index (Phi) is 1.85. The Labute approximate surface area is 87.5 Å². The van der Waals surface area contributed by atoms with Gasteiger partial charge in [0, 0.05) is 10.7 Å². The summed E-state index contributed by atoms with van der Waals surface area (Å²) in [6, 6.07) is 8.81. The minimum atomic E-state index is 0.270. The lowest BCUT2D eigenvalue weighted by Gasteiger charge is -2.08. The molecule has 0 spiro atoms. The summed E-state index contributed by atoms with van der Waals surface area (Å²) in [6.07, 6.45) is 2.62. The molecule has 2 heteroatoms. The molecule has 3 rings (SSSR count). The van der Waals surface area contributed by atoms with Crippen LogP contribution >= 0.6 is 11.3 Å². The van der Waals surface area contributed by atoms with E-state index in [2.05, 4.69) is 29.6 Å². The number of thiophene rings is 1. The molecule has 0 aliphatic heterocycles. The van der Waals surface area contributed by atoms with E-state index in [-0.39, 0.29) is 6.04 Å². The number of hydrogen-bond donors (Lipinski definition) is 1. The van der Waals surface area contributed by atoms with E-state index in [4.69, 9.17) is 5.73 Å². The van der Waals surface area contributed by atoms with Crippen molar-refractivity contribution in [1.29, 1.82) is 0 Å². The van der Waals surface area contributed by atoms with Crippen LogP contribution < -0.4 is 5.73 Å².